The topological polar surface area (TPSA) is 26.0 Å². The molecule has 2 aromatic rings. The lowest BCUT2D eigenvalue weighted by Gasteiger charge is -2.13. The second-order valence-corrected chi connectivity index (χ2v) is 5.92. The Hall–Kier alpha value is -0.0600. The van der Waals surface area contributed by atoms with Crippen LogP contribution in [-0.2, 0) is 0 Å². The van der Waals surface area contributed by atoms with Crippen LogP contribution in [0.25, 0.3) is 0 Å². The van der Waals surface area contributed by atoms with E-state index >= 15 is 0 Å². The van der Waals surface area contributed by atoms with Gasteiger partial charge in [0, 0.05) is 14.4 Å². The predicted molar refractivity (Wildman–Crippen MR) is 74.5 cm³/mol. The van der Waals surface area contributed by atoms with Crippen molar-refractivity contribution in [2.45, 2.75) is 6.04 Å². The molecule has 1 aromatic heterocycles. The highest BCUT2D eigenvalue weighted by molar-refractivity contribution is 9.10. The number of halogens is 3. The van der Waals surface area contributed by atoms with Crippen molar-refractivity contribution in [3.05, 3.63) is 54.6 Å². The summed E-state index contributed by atoms with van der Waals surface area (Å²) in [5.74, 6) is 0. The highest BCUT2D eigenvalue weighted by Crippen LogP contribution is 2.35. The van der Waals surface area contributed by atoms with Crippen LogP contribution in [0.3, 0.4) is 0 Å². The van der Waals surface area contributed by atoms with Crippen LogP contribution >= 0.6 is 50.5 Å². The maximum atomic E-state index is 6.17. The molecule has 0 fully saturated rings. The van der Waals surface area contributed by atoms with Gasteiger partial charge in [0.1, 0.15) is 0 Å². The monoisotopic (exact) mass is 335 g/mol. The lowest BCUT2D eigenvalue weighted by molar-refractivity contribution is 0.888. The van der Waals surface area contributed by atoms with Crippen LogP contribution in [0.1, 0.15) is 16.5 Å². The van der Waals surface area contributed by atoms with Gasteiger partial charge in [-0.2, -0.15) is 0 Å². The Morgan fingerprint density at radius 1 is 1.25 bits per heavy atom. The first-order chi connectivity index (χ1) is 7.59. The highest BCUT2D eigenvalue weighted by atomic mass is 79.9. The van der Waals surface area contributed by atoms with Crippen LogP contribution in [0.15, 0.2) is 34.1 Å². The summed E-state index contributed by atoms with van der Waals surface area (Å²) in [5.41, 5.74) is 7.15. The molecule has 16 heavy (non-hydrogen) atoms. The van der Waals surface area contributed by atoms with Crippen LogP contribution in [-0.4, -0.2) is 0 Å². The summed E-state index contributed by atoms with van der Waals surface area (Å²) in [6.45, 7) is 0. The quantitative estimate of drug-likeness (QED) is 0.832. The van der Waals surface area contributed by atoms with Gasteiger partial charge in [-0.25, -0.2) is 0 Å². The van der Waals surface area contributed by atoms with Crippen LogP contribution in [0.5, 0.6) is 0 Å². The molecule has 0 aliphatic carbocycles. The van der Waals surface area contributed by atoms with Crippen molar-refractivity contribution in [1.29, 1.82) is 0 Å². The van der Waals surface area contributed by atoms with Crippen LogP contribution in [0.2, 0.25) is 10.0 Å². The number of nitrogens with two attached hydrogens (primary N) is 1. The van der Waals surface area contributed by atoms with E-state index in [0.717, 1.165) is 14.9 Å². The minimum absolute atomic E-state index is 0.223. The van der Waals surface area contributed by atoms with Gasteiger partial charge in [0.15, 0.2) is 0 Å². The van der Waals surface area contributed by atoms with Gasteiger partial charge >= 0.3 is 0 Å². The lowest BCUT2D eigenvalue weighted by atomic mass is 10.1. The van der Waals surface area contributed by atoms with E-state index in [2.05, 4.69) is 15.9 Å². The van der Waals surface area contributed by atoms with Crippen LogP contribution in [0.4, 0.5) is 0 Å². The summed E-state index contributed by atoms with van der Waals surface area (Å²) in [4.78, 5) is 0.963. The summed E-state index contributed by atoms with van der Waals surface area (Å²) in [5, 5.41) is 3.32. The predicted octanol–water partition coefficient (Wildman–Crippen LogP) is 4.87. The molecule has 1 nitrogen and oxygen atoms in total. The average Bonchev–Trinajstić information content (AvgIpc) is 2.63. The Labute approximate surface area is 116 Å². The largest absolute Gasteiger partial charge is 0.320 e. The maximum absolute atomic E-state index is 6.17. The Balaban J connectivity index is 2.41. The first kappa shape index (κ1) is 12.4. The molecular weight excluding hydrogens is 329 g/mol. The molecule has 5 heteroatoms. The molecule has 84 valence electrons. The van der Waals surface area contributed by atoms with Crippen LogP contribution in [0, 0.1) is 0 Å². The van der Waals surface area contributed by atoms with Gasteiger partial charge in [-0.1, -0.05) is 45.2 Å². The van der Waals surface area contributed by atoms with Crippen molar-refractivity contribution < 1.29 is 0 Å². The molecule has 1 aromatic carbocycles. The summed E-state index contributed by atoms with van der Waals surface area (Å²) in [6.07, 6.45) is 0. The average molecular weight is 337 g/mol. The third kappa shape index (κ3) is 2.44. The number of hydrogen-bond acceptors (Lipinski definition) is 2. The Bertz CT molecular complexity index is 512. The van der Waals surface area contributed by atoms with Crippen molar-refractivity contribution in [2.75, 3.05) is 0 Å². The third-order valence-corrected chi connectivity index (χ3v) is 4.59. The summed E-state index contributed by atoms with van der Waals surface area (Å²) < 4.78 is 0.900. The summed E-state index contributed by atoms with van der Waals surface area (Å²) in [6, 6.07) is 7.19. The van der Waals surface area contributed by atoms with E-state index in [4.69, 9.17) is 28.9 Å². The van der Waals surface area contributed by atoms with Gasteiger partial charge in [0.05, 0.1) is 11.1 Å². The second kappa shape index (κ2) is 5.07. The number of benzene rings is 1. The molecule has 1 heterocycles. The SMILES string of the molecule is NC(c1ccc(Cl)cc1Br)c1sccc1Cl. The molecule has 2 rings (SSSR count). The van der Waals surface area contributed by atoms with E-state index in [9.17, 15) is 0 Å². The van der Waals surface area contributed by atoms with E-state index < -0.39 is 0 Å². The molecule has 0 aliphatic heterocycles. The Kier molecular flexibility index (Phi) is 3.93. The van der Waals surface area contributed by atoms with Crippen LogP contribution < -0.4 is 5.73 Å². The number of hydrogen-bond donors (Lipinski definition) is 1. The first-order valence-corrected chi connectivity index (χ1v) is 6.96. The normalized spacial score (nSPS) is 12.8. The van der Waals surface area contributed by atoms with Gasteiger partial charge in [-0.3, -0.25) is 0 Å². The van der Waals surface area contributed by atoms with E-state index in [0.29, 0.717) is 10.0 Å². The minimum atomic E-state index is -0.223. The van der Waals surface area contributed by atoms with Gasteiger partial charge in [0.2, 0.25) is 0 Å². The standard InChI is InChI=1S/C11H8BrCl2NS/c12-8-5-6(13)1-2-7(8)10(15)11-9(14)3-4-16-11/h1-5,10H,15H2. The van der Waals surface area contributed by atoms with E-state index in [1.54, 1.807) is 11.3 Å². The zero-order valence-electron chi connectivity index (χ0n) is 8.08. The second-order valence-electron chi connectivity index (χ2n) is 3.28. The Morgan fingerprint density at radius 3 is 2.56 bits per heavy atom. The van der Waals surface area contributed by atoms with Crippen molar-refractivity contribution in [3.63, 3.8) is 0 Å². The lowest BCUT2D eigenvalue weighted by Crippen LogP contribution is -2.11. The minimum Gasteiger partial charge on any atom is -0.320 e. The highest BCUT2D eigenvalue weighted by Gasteiger charge is 2.16. The number of thiophene rings is 1. The molecule has 2 N–H and O–H groups in total. The van der Waals surface area contributed by atoms with Crippen molar-refractivity contribution >= 4 is 50.5 Å². The molecule has 0 amide bonds. The van der Waals surface area contributed by atoms with Crippen molar-refractivity contribution in [2.24, 2.45) is 5.73 Å². The van der Waals surface area contributed by atoms with E-state index in [1.807, 2.05) is 29.6 Å². The maximum Gasteiger partial charge on any atom is 0.0672 e. The third-order valence-electron chi connectivity index (χ3n) is 2.22. The Morgan fingerprint density at radius 2 is 2.00 bits per heavy atom. The molecule has 0 saturated heterocycles. The fraction of sp³-hybridized carbons (Fsp3) is 0.0909. The summed E-state index contributed by atoms with van der Waals surface area (Å²) in [7, 11) is 0. The summed E-state index contributed by atoms with van der Waals surface area (Å²) >= 11 is 17.0. The molecule has 0 spiro atoms. The molecule has 0 radical (unpaired) electrons. The van der Waals surface area contributed by atoms with Gasteiger partial charge in [-0.05, 0) is 29.1 Å². The van der Waals surface area contributed by atoms with Gasteiger partial charge < -0.3 is 5.73 Å². The van der Waals surface area contributed by atoms with E-state index in [-0.39, 0.29) is 6.04 Å². The number of rotatable bonds is 2. The van der Waals surface area contributed by atoms with Crippen molar-refractivity contribution in [1.82, 2.24) is 0 Å². The molecule has 0 bridgehead atoms. The fourth-order valence-corrected chi connectivity index (χ4v) is 3.55. The zero-order chi connectivity index (χ0) is 11.7. The molecular formula is C11H8BrCl2NS. The fourth-order valence-electron chi connectivity index (χ4n) is 1.42. The van der Waals surface area contributed by atoms with Gasteiger partial charge in [0.25, 0.3) is 0 Å². The molecule has 1 unspecified atom stereocenters. The van der Waals surface area contributed by atoms with Gasteiger partial charge in [-0.15, -0.1) is 11.3 Å². The first-order valence-electron chi connectivity index (χ1n) is 4.53. The molecule has 0 aliphatic rings. The smallest absolute Gasteiger partial charge is 0.0672 e. The van der Waals surface area contributed by atoms with Crippen molar-refractivity contribution in [3.8, 4) is 0 Å². The zero-order valence-corrected chi connectivity index (χ0v) is 12.0. The molecule has 1 atom stereocenters. The van der Waals surface area contributed by atoms with E-state index in [1.165, 1.54) is 0 Å². The molecule has 0 saturated carbocycles.